The summed E-state index contributed by atoms with van der Waals surface area (Å²) in [6.07, 6.45) is 3.05. The van der Waals surface area contributed by atoms with Gasteiger partial charge in [-0.25, -0.2) is 9.67 Å². The topological polar surface area (TPSA) is 68.1 Å². The molecular weight excluding hydrogens is 538 g/mol. The molecule has 2 aromatic heterocycles. The van der Waals surface area contributed by atoms with E-state index in [0.29, 0.717) is 15.4 Å². The molecule has 0 atom stereocenters. The molecule has 1 amide bonds. The van der Waals surface area contributed by atoms with Gasteiger partial charge in [0, 0.05) is 23.3 Å². The second kappa shape index (κ2) is 8.48. The molecular formula is C19H11BrCl4N4O2. The Morgan fingerprint density at radius 3 is 2.50 bits per heavy atom. The zero-order valence-corrected chi connectivity index (χ0v) is 19.6. The van der Waals surface area contributed by atoms with Crippen LogP contribution in [0.4, 0.5) is 5.69 Å². The Morgan fingerprint density at radius 1 is 1.13 bits per heavy atom. The number of halogens is 5. The lowest BCUT2D eigenvalue weighted by atomic mass is 10.1. The van der Waals surface area contributed by atoms with Gasteiger partial charge in [0.1, 0.15) is 10.3 Å². The summed E-state index contributed by atoms with van der Waals surface area (Å²) in [6.45, 7) is 0. The highest BCUT2D eigenvalue weighted by atomic mass is 79.9. The van der Waals surface area contributed by atoms with Crippen molar-refractivity contribution in [3.63, 3.8) is 0 Å². The fraction of sp³-hybridized carbons (Fsp3) is 0.158. The number of amides is 1. The Kier molecular flexibility index (Phi) is 6.10. The van der Waals surface area contributed by atoms with Crippen molar-refractivity contribution in [3.05, 3.63) is 67.5 Å². The quantitative estimate of drug-likeness (QED) is 0.357. The molecule has 0 aliphatic heterocycles. The lowest BCUT2D eigenvalue weighted by molar-refractivity contribution is 0.0977. The van der Waals surface area contributed by atoms with Crippen molar-refractivity contribution in [2.75, 3.05) is 4.90 Å². The molecule has 0 N–H and O–H groups in total. The average Bonchev–Trinajstić information content (AvgIpc) is 3.44. The maximum absolute atomic E-state index is 13.7. The van der Waals surface area contributed by atoms with Crippen LogP contribution < -0.4 is 4.90 Å². The first-order valence-electron chi connectivity index (χ1n) is 8.67. The third-order valence-electron chi connectivity index (χ3n) is 4.45. The van der Waals surface area contributed by atoms with E-state index in [1.165, 1.54) is 21.7 Å². The molecule has 3 aromatic rings. The number of hydrogen-bond donors (Lipinski definition) is 0. The molecule has 4 rings (SSSR count). The van der Waals surface area contributed by atoms with Gasteiger partial charge in [-0.05, 0) is 64.6 Å². The Balaban J connectivity index is 1.88. The third-order valence-corrected chi connectivity index (χ3v) is 5.84. The van der Waals surface area contributed by atoms with Gasteiger partial charge >= 0.3 is 0 Å². The van der Waals surface area contributed by atoms with Crippen LogP contribution in [0.5, 0.6) is 0 Å². The molecule has 1 aromatic carbocycles. The van der Waals surface area contributed by atoms with E-state index in [1.54, 1.807) is 24.4 Å². The summed E-state index contributed by atoms with van der Waals surface area (Å²) in [5.74, 6) is -0.138. The van der Waals surface area contributed by atoms with E-state index < -0.39 is 11.1 Å². The summed E-state index contributed by atoms with van der Waals surface area (Å²) in [7, 11) is 0. The summed E-state index contributed by atoms with van der Waals surface area (Å²) >= 11 is 27.8. The van der Waals surface area contributed by atoms with Gasteiger partial charge in [-0.15, -0.1) is 0 Å². The molecule has 1 fully saturated rings. The van der Waals surface area contributed by atoms with E-state index in [-0.39, 0.29) is 33.0 Å². The van der Waals surface area contributed by atoms with Crippen LogP contribution in [0.15, 0.2) is 41.1 Å². The van der Waals surface area contributed by atoms with Gasteiger partial charge in [-0.1, -0.05) is 34.8 Å². The third kappa shape index (κ3) is 4.09. The normalized spacial score (nSPS) is 13.4. The number of carbonyl (C=O) groups excluding carboxylic acids is 2. The largest absolute Gasteiger partial charge is 0.302 e. The minimum absolute atomic E-state index is 0.0513. The first kappa shape index (κ1) is 21.6. The number of anilines is 1. The molecule has 154 valence electrons. The molecule has 2 heterocycles. The lowest BCUT2D eigenvalue weighted by Crippen LogP contribution is -2.36. The zero-order valence-electron chi connectivity index (χ0n) is 15.0. The van der Waals surface area contributed by atoms with Crippen molar-refractivity contribution in [2.45, 2.75) is 18.9 Å². The standard InChI is InChI=1S/C19H11BrCl4N4O2/c20-15-8-14(28(26-15)18-12(22)2-1-5-25-18)19(30)27(10-3-4-10)16-11(17(24)29)6-9(21)7-13(16)23/h1-2,5-8,10H,3-4H2. The molecule has 0 spiro atoms. The van der Waals surface area contributed by atoms with Crippen molar-refractivity contribution < 1.29 is 9.59 Å². The molecule has 1 saturated carbocycles. The van der Waals surface area contributed by atoms with Crippen LogP contribution in [0.2, 0.25) is 15.1 Å². The monoisotopic (exact) mass is 546 g/mol. The maximum Gasteiger partial charge on any atom is 0.277 e. The van der Waals surface area contributed by atoms with E-state index >= 15 is 0 Å². The van der Waals surface area contributed by atoms with Crippen molar-refractivity contribution in [1.82, 2.24) is 14.8 Å². The smallest absolute Gasteiger partial charge is 0.277 e. The van der Waals surface area contributed by atoms with Crippen LogP contribution in [0.1, 0.15) is 33.7 Å². The van der Waals surface area contributed by atoms with E-state index in [9.17, 15) is 9.59 Å². The first-order valence-corrected chi connectivity index (χ1v) is 11.0. The second-order valence-corrected chi connectivity index (χ2v) is 8.94. The van der Waals surface area contributed by atoms with Crippen LogP contribution >= 0.6 is 62.3 Å². The SMILES string of the molecule is O=C(Cl)c1cc(Cl)cc(Cl)c1N(C(=O)c1cc(Br)nn1-c1ncccc1Cl)C1CC1. The highest BCUT2D eigenvalue weighted by Crippen LogP contribution is 2.41. The molecule has 6 nitrogen and oxygen atoms in total. The molecule has 1 aliphatic carbocycles. The Hall–Kier alpha value is -1.64. The van der Waals surface area contributed by atoms with Gasteiger partial charge in [0.15, 0.2) is 5.82 Å². The van der Waals surface area contributed by atoms with Crippen LogP contribution in [0.25, 0.3) is 5.82 Å². The second-order valence-electron chi connectivity index (χ2n) is 6.54. The molecule has 11 heteroatoms. The Morgan fingerprint density at radius 2 is 1.87 bits per heavy atom. The number of rotatable bonds is 5. The molecule has 0 saturated heterocycles. The number of hydrogen-bond acceptors (Lipinski definition) is 4. The fourth-order valence-corrected chi connectivity index (χ4v) is 4.37. The summed E-state index contributed by atoms with van der Waals surface area (Å²) in [5.41, 5.74) is 0.452. The van der Waals surface area contributed by atoms with E-state index in [1.807, 2.05) is 0 Å². The van der Waals surface area contributed by atoms with Crippen LogP contribution in [-0.4, -0.2) is 32.0 Å². The summed E-state index contributed by atoms with van der Waals surface area (Å²) in [4.78, 5) is 31.5. The predicted octanol–water partition coefficient (Wildman–Crippen LogP) is 6.18. The van der Waals surface area contributed by atoms with Gasteiger partial charge in [0.25, 0.3) is 11.1 Å². The minimum Gasteiger partial charge on any atom is -0.302 e. The Labute approximate surface area is 199 Å². The maximum atomic E-state index is 13.7. The highest BCUT2D eigenvalue weighted by Gasteiger charge is 2.39. The lowest BCUT2D eigenvalue weighted by Gasteiger charge is -2.26. The van der Waals surface area contributed by atoms with Crippen LogP contribution in [-0.2, 0) is 0 Å². The van der Waals surface area contributed by atoms with Gasteiger partial charge in [0.05, 0.1) is 21.3 Å². The average molecular weight is 549 g/mol. The highest BCUT2D eigenvalue weighted by molar-refractivity contribution is 9.10. The molecule has 1 aliphatic rings. The van der Waals surface area contributed by atoms with Crippen molar-refractivity contribution >= 4 is 79.2 Å². The number of aromatic nitrogens is 3. The number of benzene rings is 1. The molecule has 0 bridgehead atoms. The number of nitrogens with zero attached hydrogens (tertiary/aromatic N) is 4. The first-order chi connectivity index (χ1) is 14.3. The van der Waals surface area contributed by atoms with Gasteiger partial charge < -0.3 is 4.90 Å². The Bertz CT molecular complexity index is 1180. The van der Waals surface area contributed by atoms with Crippen molar-refractivity contribution in [2.24, 2.45) is 0 Å². The minimum atomic E-state index is -0.768. The predicted molar refractivity (Wildman–Crippen MR) is 121 cm³/mol. The summed E-state index contributed by atoms with van der Waals surface area (Å²) in [5, 5.41) is 4.24. The van der Waals surface area contributed by atoms with E-state index in [0.717, 1.165) is 12.8 Å². The van der Waals surface area contributed by atoms with Crippen LogP contribution in [0, 0.1) is 0 Å². The van der Waals surface area contributed by atoms with Gasteiger partial charge in [-0.3, -0.25) is 9.59 Å². The van der Waals surface area contributed by atoms with E-state index in [2.05, 4.69) is 26.0 Å². The summed E-state index contributed by atoms with van der Waals surface area (Å²) < 4.78 is 1.76. The molecule has 0 radical (unpaired) electrons. The fourth-order valence-electron chi connectivity index (χ4n) is 3.07. The van der Waals surface area contributed by atoms with E-state index in [4.69, 9.17) is 46.4 Å². The number of pyridine rings is 1. The summed E-state index contributed by atoms with van der Waals surface area (Å²) in [6, 6.07) is 7.58. The van der Waals surface area contributed by atoms with Crippen molar-refractivity contribution in [1.29, 1.82) is 0 Å². The number of carbonyl (C=O) groups is 2. The zero-order chi connectivity index (χ0) is 21.6. The van der Waals surface area contributed by atoms with Crippen LogP contribution in [0.3, 0.4) is 0 Å². The van der Waals surface area contributed by atoms with Gasteiger partial charge in [0.2, 0.25) is 0 Å². The van der Waals surface area contributed by atoms with Gasteiger partial charge in [-0.2, -0.15) is 5.10 Å². The molecule has 0 unspecified atom stereocenters. The molecule has 30 heavy (non-hydrogen) atoms. The van der Waals surface area contributed by atoms with Crippen molar-refractivity contribution in [3.8, 4) is 5.82 Å².